The topological polar surface area (TPSA) is 41.6 Å². The molecule has 0 bridgehead atoms. The molecule has 0 aliphatic heterocycles. The van der Waals surface area contributed by atoms with Crippen LogP contribution in [0.25, 0.3) is 66.8 Å². The number of anilines is 5. The number of hydrogen-bond acceptors (Lipinski definition) is 4. The lowest BCUT2D eigenvalue weighted by molar-refractivity contribution is 0.589. The molecule has 9 heteroatoms. The molecule has 10 aromatic carbocycles. The van der Waals surface area contributed by atoms with Crippen LogP contribution in [0.4, 0.5) is 28.4 Å². The molecule has 2 heterocycles. The third kappa shape index (κ3) is 15.1. The summed E-state index contributed by atoms with van der Waals surface area (Å²) in [7, 11) is 0. The summed E-state index contributed by atoms with van der Waals surface area (Å²) in [6.45, 7) is 26.6. The highest BCUT2D eigenvalue weighted by molar-refractivity contribution is 9.11. The third-order valence-electron chi connectivity index (χ3n) is 15.8. The molecule has 0 aliphatic carbocycles. The van der Waals surface area contributed by atoms with Crippen LogP contribution >= 0.6 is 71.0 Å². The van der Waals surface area contributed by atoms with E-state index in [2.05, 4.69) is 299 Å². The van der Waals surface area contributed by atoms with E-state index in [1.165, 1.54) is 22.3 Å². The molecule has 0 radical (unpaired) electrons. The molecule has 0 unspecified atom stereocenters. The van der Waals surface area contributed by atoms with Gasteiger partial charge >= 0.3 is 0 Å². The second-order valence-electron chi connectivity index (χ2n) is 26.6. The smallest absolute Gasteiger partial charge is 0.142 e. The van der Waals surface area contributed by atoms with Crippen molar-refractivity contribution in [2.45, 2.75) is 105 Å². The molecule has 12 rings (SSSR count). The Balaban J connectivity index is 0.000000169. The van der Waals surface area contributed by atoms with Gasteiger partial charge in [-0.1, -0.05) is 252 Å². The Morgan fingerprint density at radius 2 is 0.640 bits per heavy atom. The first kappa shape index (κ1) is 64.9. The van der Waals surface area contributed by atoms with Crippen LogP contribution in [0.15, 0.2) is 253 Å². The molecule has 0 aliphatic rings. The lowest BCUT2D eigenvalue weighted by Gasteiger charge is -2.30. The van der Waals surface area contributed by atoms with Crippen molar-refractivity contribution in [2.24, 2.45) is 0 Å². The van der Waals surface area contributed by atoms with Gasteiger partial charge in [0.1, 0.15) is 23.0 Å². The molecular weight excluding hydrogens is 1330 g/mol. The van der Waals surface area contributed by atoms with E-state index in [1.807, 2.05) is 72.8 Å². The number of furan rings is 2. The number of nitrogens with zero attached hydrogens (tertiary/aromatic N) is 1. The van der Waals surface area contributed by atoms with Gasteiger partial charge in [0.05, 0.1) is 15.7 Å². The highest BCUT2D eigenvalue weighted by Gasteiger charge is 2.26. The van der Waals surface area contributed by atoms with Crippen LogP contribution in [0.1, 0.15) is 105 Å². The molecule has 2 aromatic heterocycles. The van der Waals surface area contributed by atoms with Crippen LogP contribution in [0.3, 0.4) is 0 Å². The van der Waals surface area contributed by atoms with E-state index >= 15 is 0 Å². The Bertz CT molecular complexity index is 4380. The molecule has 0 amide bonds. The van der Waals surface area contributed by atoms with Gasteiger partial charge in [0.25, 0.3) is 0 Å². The molecule has 1 N–H and O–H groups in total. The van der Waals surface area contributed by atoms with Crippen LogP contribution < -0.4 is 10.2 Å². The van der Waals surface area contributed by atoms with Crippen molar-refractivity contribution < 1.29 is 8.83 Å². The Kier molecular flexibility index (Phi) is 19.5. The minimum atomic E-state index is -0.0663. The van der Waals surface area contributed by atoms with E-state index in [9.17, 15) is 0 Å². The summed E-state index contributed by atoms with van der Waals surface area (Å²) in [6.07, 6.45) is 0. The van der Waals surface area contributed by atoms with Gasteiger partial charge in [0.15, 0.2) is 0 Å². The van der Waals surface area contributed by atoms with Crippen molar-refractivity contribution in [3.8, 4) is 45.3 Å². The molecule has 452 valence electrons. The van der Waals surface area contributed by atoms with Crippen molar-refractivity contribution in [1.29, 1.82) is 0 Å². The SMILES string of the molecule is CC(C)(C)c1cc(Br)c(Cl)c(Br)c1.CC(C)(C)c1ccc(N(c2ccc3c(-c4ccccc4)oc(-c4ccccc4)c3c2)c2cc(C(C)(C)C)cc(Br)c2Cl)cc1.CC(C)(C)c1ccc(Nc2ccc3c(-c4ccccc4)oc(-c4ccccc4)c3c2)cc1. The molecular formula is C80H75Br3Cl2N2O2. The largest absolute Gasteiger partial charge is 0.455 e. The summed E-state index contributed by atoms with van der Waals surface area (Å²) in [5.74, 6) is 3.51. The molecule has 12 aromatic rings. The van der Waals surface area contributed by atoms with Gasteiger partial charge in [0, 0.05) is 80.0 Å². The zero-order chi connectivity index (χ0) is 63.6. The van der Waals surface area contributed by atoms with Gasteiger partial charge in [-0.2, -0.15) is 0 Å². The Morgan fingerprint density at radius 1 is 0.315 bits per heavy atom. The summed E-state index contributed by atoms with van der Waals surface area (Å²) in [6, 6.07) is 80.3. The molecule has 0 saturated carbocycles. The molecule has 0 atom stereocenters. The maximum absolute atomic E-state index is 7.14. The normalized spacial score (nSPS) is 11.9. The molecule has 0 fully saturated rings. The number of rotatable bonds is 9. The molecule has 0 spiro atoms. The first-order valence-electron chi connectivity index (χ1n) is 30.0. The number of hydrogen-bond donors (Lipinski definition) is 1. The molecule has 89 heavy (non-hydrogen) atoms. The highest BCUT2D eigenvalue weighted by Crippen LogP contribution is 2.48. The lowest BCUT2D eigenvalue weighted by atomic mass is 9.86. The van der Waals surface area contributed by atoms with Gasteiger partial charge in [0.2, 0.25) is 0 Å². The quantitative estimate of drug-likeness (QED) is 0.146. The number of fused-ring (bicyclic) bond motifs is 2. The van der Waals surface area contributed by atoms with E-state index in [-0.39, 0.29) is 21.7 Å². The lowest BCUT2D eigenvalue weighted by Crippen LogP contribution is -2.16. The molecule has 0 saturated heterocycles. The van der Waals surface area contributed by atoms with Crippen molar-refractivity contribution in [3.63, 3.8) is 0 Å². The van der Waals surface area contributed by atoms with Crippen molar-refractivity contribution in [3.05, 3.63) is 276 Å². The second-order valence-corrected chi connectivity index (χ2v) is 29.9. The van der Waals surface area contributed by atoms with Crippen LogP contribution in [0, 0.1) is 0 Å². The summed E-state index contributed by atoms with van der Waals surface area (Å²) >= 11 is 23.8. The monoisotopic (exact) mass is 1400 g/mol. The van der Waals surface area contributed by atoms with Crippen LogP contribution in [-0.4, -0.2) is 0 Å². The van der Waals surface area contributed by atoms with Crippen LogP contribution in [0.5, 0.6) is 0 Å². The fourth-order valence-corrected chi connectivity index (χ4v) is 12.6. The zero-order valence-electron chi connectivity index (χ0n) is 52.6. The summed E-state index contributed by atoms with van der Waals surface area (Å²) in [5, 5.41) is 9.29. The fraction of sp³-hybridized carbons (Fsp3) is 0.200. The van der Waals surface area contributed by atoms with Crippen LogP contribution in [0.2, 0.25) is 10.0 Å². The summed E-state index contributed by atoms with van der Waals surface area (Å²) in [5.41, 5.74) is 14.6. The second kappa shape index (κ2) is 26.8. The van der Waals surface area contributed by atoms with Crippen LogP contribution in [-0.2, 0) is 21.7 Å². The van der Waals surface area contributed by atoms with Gasteiger partial charge in [-0.05, 0) is 177 Å². The Labute approximate surface area is 561 Å². The first-order chi connectivity index (χ1) is 42.2. The minimum Gasteiger partial charge on any atom is -0.455 e. The van der Waals surface area contributed by atoms with E-state index in [0.29, 0.717) is 5.02 Å². The van der Waals surface area contributed by atoms with E-state index in [1.54, 1.807) is 0 Å². The summed E-state index contributed by atoms with van der Waals surface area (Å²) < 4.78 is 15.9. The van der Waals surface area contributed by atoms with E-state index < -0.39 is 0 Å². The Hall–Kier alpha value is -7.10. The van der Waals surface area contributed by atoms with Gasteiger partial charge in [-0.3, -0.25) is 0 Å². The predicted octanol–water partition coefficient (Wildman–Crippen LogP) is 27.2. The fourth-order valence-electron chi connectivity index (χ4n) is 10.6. The average molecular weight is 1410 g/mol. The zero-order valence-corrected chi connectivity index (χ0v) is 58.9. The van der Waals surface area contributed by atoms with Gasteiger partial charge in [-0.15, -0.1) is 0 Å². The van der Waals surface area contributed by atoms with Gasteiger partial charge < -0.3 is 19.1 Å². The van der Waals surface area contributed by atoms with E-state index in [0.717, 1.165) is 114 Å². The standard InChI is InChI=1S/C40H37BrClNO.C30H27NO.C10H11Br2Cl/c1-39(2,3)28-17-19-30(20-18-28)43(35-24-29(40(4,5)6)23-34(41)36(35)42)31-21-22-32-33(25-31)38(27-15-11-8-12-16-27)44-37(32)26-13-9-7-10-14-26;1-30(2,3)23-14-16-24(17-15-23)31-25-18-19-26-27(20-25)29(22-12-8-5-9-13-22)32-28(26)21-10-6-4-7-11-21;1-10(2,3)6-4-7(11)9(13)8(12)5-6/h7-25H,1-6H3;4-20,31H,1-3H3;4-5H,1-3H3. The minimum absolute atomic E-state index is 0.0459. The number of nitrogens with one attached hydrogen (secondary N) is 1. The third-order valence-corrected chi connectivity index (χ3v) is 19.2. The van der Waals surface area contributed by atoms with E-state index in [4.69, 9.17) is 32.0 Å². The summed E-state index contributed by atoms with van der Waals surface area (Å²) in [4.78, 5) is 2.26. The first-order valence-corrected chi connectivity index (χ1v) is 33.1. The number of halogens is 5. The number of benzene rings is 10. The van der Waals surface area contributed by atoms with Crippen molar-refractivity contribution in [1.82, 2.24) is 0 Å². The van der Waals surface area contributed by atoms with Crippen molar-refractivity contribution in [2.75, 3.05) is 10.2 Å². The maximum Gasteiger partial charge on any atom is 0.142 e. The maximum atomic E-state index is 7.14. The van der Waals surface area contributed by atoms with Crippen molar-refractivity contribution >= 4 is 121 Å². The van der Waals surface area contributed by atoms with Gasteiger partial charge in [-0.25, -0.2) is 0 Å². The molecule has 4 nitrogen and oxygen atoms in total. The Morgan fingerprint density at radius 3 is 1.04 bits per heavy atom. The highest BCUT2D eigenvalue weighted by atomic mass is 79.9. The average Bonchev–Trinajstić information content (AvgIpc) is 2.11. The predicted molar refractivity (Wildman–Crippen MR) is 393 cm³/mol.